The van der Waals surface area contributed by atoms with Gasteiger partial charge in [0.2, 0.25) is 5.82 Å². The lowest BCUT2D eigenvalue weighted by molar-refractivity contribution is -0.387. The number of nitrogens with one attached hydrogen (secondary N) is 1. The molecule has 0 aliphatic heterocycles. The summed E-state index contributed by atoms with van der Waals surface area (Å²) in [7, 11) is 0. The van der Waals surface area contributed by atoms with Crippen molar-refractivity contribution in [2.24, 2.45) is 0 Å². The molecule has 0 bridgehead atoms. The number of nitrogens with zero attached hydrogens (tertiary/aromatic N) is 1. The van der Waals surface area contributed by atoms with Gasteiger partial charge in [0, 0.05) is 29.2 Å². The Hall–Kier alpha value is -1.27. The average Bonchev–Trinajstić information content (AvgIpc) is 2.19. The molecule has 1 N–H and O–H groups in total. The first-order chi connectivity index (χ1) is 7.52. The van der Waals surface area contributed by atoms with Crippen LogP contribution in [0.2, 0.25) is 0 Å². The maximum Gasteiger partial charge on any atom is 0.305 e. The Morgan fingerprint density at radius 2 is 2.31 bits per heavy atom. The van der Waals surface area contributed by atoms with Crippen LogP contribution in [0.4, 0.5) is 10.1 Å². The highest BCUT2D eigenvalue weighted by Crippen LogP contribution is 2.19. The van der Waals surface area contributed by atoms with Crippen molar-refractivity contribution >= 4 is 21.6 Å². The van der Waals surface area contributed by atoms with Crippen LogP contribution >= 0.6 is 15.9 Å². The number of rotatable bonds is 5. The van der Waals surface area contributed by atoms with Crippen molar-refractivity contribution in [2.75, 3.05) is 6.54 Å². The van der Waals surface area contributed by atoms with E-state index in [-0.39, 0.29) is 12.1 Å². The lowest BCUT2D eigenvalue weighted by Crippen LogP contribution is -2.15. The van der Waals surface area contributed by atoms with Crippen LogP contribution in [0.3, 0.4) is 0 Å². The van der Waals surface area contributed by atoms with Crippen LogP contribution in [0.25, 0.3) is 0 Å². The molecule has 16 heavy (non-hydrogen) atoms. The first-order valence-corrected chi connectivity index (χ1v) is 5.27. The number of halogens is 2. The molecule has 0 fully saturated rings. The van der Waals surface area contributed by atoms with Gasteiger partial charge in [-0.25, -0.2) is 0 Å². The van der Waals surface area contributed by atoms with Gasteiger partial charge in [0.1, 0.15) is 0 Å². The Bertz CT molecular complexity index is 423. The molecule has 6 heteroatoms. The zero-order valence-corrected chi connectivity index (χ0v) is 9.96. The molecule has 0 aromatic heterocycles. The zero-order chi connectivity index (χ0) is 12.1. The molecular formula is C10H10BrFN2O2. The zero-order valence-electron chi connectivity index (χ0n) is 8.37. The van der Waals surface area contributed by atoms with Gasteiger partial charge in [-0.05, 0) is 0 Å². The predicted octanol–water partition coefficient (Wildman–Crippen LogP) is 2.73. The van der Waals surface area contributed by atoms with E-state index in [0.717, 1.165) is 10.5 Å². The summed E-state index contributed by atoms with van der Waals surface area (Å²) < 4.78 is 14.3. The largest absolute Gasteiger partial charge is 0.308 e. The molecule has 86 valence electrons. The highest BCUT2D eigenvalue weighted by atomic mass is 79.9. The van der Waals surface area contributed by atoms with Gasteiger partial charge in [0.15, 0.2) is 0 Å². The molecule has 4 nitrogen and oxygen atoms in total. The quantitative estimate of drug-likeness (QED) is 0.670. The van der Waals surface area contributed by atoms with Gasteiger partial charge in [0.05, 0.1) is 4.92 Å². The molecular weight excluding hydrogens is 279 g/mol. The third-order valence-corrected chi connectivity index (χ3v) is 2.17. The van der Waals surface area contributed by atoms with E-state index < -0.39 is 16.4 Å². The van der Waals surface area contributed by atoms with Gasteiger partial charge in [-0.2, -0.15) is 4.39 Å². The van der Waals surface area contributed by atoms with Crippen molar-refractivity contribution in [3.63, 3.8) is 0 Å². The molecule has 1 rings (SSSR count). The van der Waals surface area contributed by atoms with E-state index in [1.807, 2.05) is 0 Å². The van der Waals surface area contributed by atoms with Crippen molar-refractivity contribution < 1.29 is 9.31 Å². The highest BCUT2D eigenvalue weighted by molar-refractivity contribution is 9.11. The van der Waals surface area contributed by atoms with Crippen molar-refractivity contribution in [3.8, 4) is 0 Å². The minimum atomic E-state index is -0.791. The molecule has 1 aromatic rings. The predicted molar refractivity (Wildman–Crippen MR) is 62.8 cm³/mol. The van der Waals surface area contributed by atoms with Crippen LogP contribution in [0, 0.1) is 15.9 Å². The van der Waals surface area contributed by atoms with E-state index in [0.29, 0.717) is 6.54 Å². The third kappa shape index (κ3) is 3.39. The number of hydrogen-bond donors (Lipinski definition) is 1. The standard InChI is InChI=1S/C10H10BrFN2O2/c1-7(11)5-13-6-8-3-2-4-9(10(8)12)14(15)16/h2-4,13H,1,5-6H2. The second-order valence-electron chi connectivity index (χ2n) is 3.13. The average molecular weight is 289 g/mol. The number of nitro groups is 1. The third-order valence-electron chi connectivity index (χ3n) is 1.89. The summed E-state index contributed by atoms with van der Waals surface area (Å²) in [6.45, 7) is 4.30. The fraction of sp³-hybridized carbons (Fsp3) is 0.200. The molecule has 0 spiro atoms. The van der Waals surface area contributed by atoms with Gasteiger partial charge in [0.25, 0.3) is 0 Å². The number of nitro benzene ring substituents is 1. The van der Waals surface area contributed by atoms with E-state index in [1.165, 1.54) is 12.1 Å². The fourth-order valence-corrected chi connectivity index (χ4v) is 1.37. The van der Waals surface area contributed by atoms with E-state index in [1.54, 1.807) is 0 Å². The van der Waals surface area contributed by atoms with Crippen LogP contribution < -0.4 is 5.32 Å². The minimum absolute atomic E-state index is 0.220. The molecule has 0 heterocycles. The lowest BCUT2D eigenvalue weighted by Gasteiger charge is -2.05. The van der Waals surface area contributed by atoms with Gasteiger partial charge in [-0.15, -0.1) is 0 Å². The Labute approximate surface area is 100 Å². The van der Waals surface area contributed by atoms with Crippen molar-refractivity contribution in [1.82, 2.24) is 5.32 Å². The number of benzene rings is 1. The molecule has 0 radical (unpaired) electrons. The highest BCUT2D eigenvalue weighted by Gasteiger charge is 2.16. The molecule has 0 aliphatic rings. The van der Waals surface area contributed by atoms with E-state index in [4.69, 9.17) is 0 Å². The van der Waals surface area contributed by atoms with Crippen LogP contribution in [-0.2, 0) is 6.54 Å². The molecule has 0 amide bonds. The van der Waals surface area contributed by atoms with E-state index in [2.05, 4.69) is 27.8 Å². The Kier molecular flexibility index (Phi) is 4.57. The second-order valence-corrected chi connectivity index (χ2v) is 4.25. The van der Waals surface area contributed by atoms with E-state index >= 15 is 0 Å². The molecule has 0 saturated heterocycles. The SMILES string of the molecule is C=C(Br)CNCc1cccc([N+](=O)[O-])c1F. The van der Waals surface area contributed by atoms with Gasteiger partial charge in [-0.3, -0.25) is 10.1 Å². The summed E-state index contributed by atoms with van der Waals surface area (Å²) >= 11 is 3.15. The maximum absolute atomic E-state index is 13.5. The minimum Gasteiger partial charge on any atom is -0.308 e. The van der Waals surface area contributed by atoms with Crippen LogP contribution in [0.5, 0.6) is 0 Å². The fourth-order valence-electron chi connectivity index (χ4n) is 1.18. The topological polar surface area (TPSA) is 55.2 Å². The van der Waals surface area contributed by atoms with Crippen LogP contribution in [0.15, 0.2) is 29.3 Å². The molecule has 0 atom stereocenters. The maximum atomic E-state index is 13.5. The Morgan fingerprint density at radius 1 is 1.62 bits per heavy atom. The lowest BCUT2D eigenvalue weighted by atomic mass is 10.2. The van der Waals surface area contributed by atoms with Crippen molar-refractivity contribution in [2.45, 2.75) is 6.54 Å². The first-order valence-electron chi connectivity index (χ1n) is 4.48. The normalized spacial score (nSPS) is 10.1. The molecule has 1 aromatic carbocycles. The molecule has 0 aliphatic carbocycles. The van der Waals surface area contributed by atoms with Gasteiger partial charge < -0.3 is 5.32 Å². The van der Waals surface area contributed by atoms with Gasteiger partial charge >= 0.3 is 5.69 Å². The molecule has 0 saturated carbocycles. The second kappa shape index (κ2) is 5.72. The van der Waals surface area contributed by atoms with E-state index in [9.17, 15) is 14.5 Å². The van der Waals surface area contributed by atoms with Crippen molar-refractivity contribution in [3.05, 3.63) is 50.8 Å². The summed E-state index contributed by atoms with van der Waals surface area (Å²) in [6.07, 6.45) is 0. The van der Waals surface area contributed by atoms with Crippen molar-refractivity contribution in [1.29, 1.82) is 0 Å². The summed E-state index contributed by atoms with van der Waals surface area (Å²) in [5, 5.41) is 13.4. The number of hydrogen-bond acceptors (Lipinski definition) is 3. The monoisotopic (exact) mass is 288 g/mol. The summed E-state index contributed by atoms with van der Waals surface area (Å²) in [6, 6.07) is 4.11. The first kappa shape index (κ1) is 12.8. The van der Waals surface area contributed by atoms with Gasteiger partial charge in [-0.1, -0.05) is 34.6 Å². The summed E-state index contributed by atoms with van der Waals surface area (Å²) in [4.78, 5) is 9.75. The van der Waals surface area contributed by atoms with Crippen LogP contribution in [0.1, 0.15) is 5.56 Å². The summed E-state index contributed by atoms with van der Waals surface area (Å²) in [5.74, 6) is -0.791. The Balaban J connectivity index is 2.77. The Morgan fingerprint density at radius 3 is 2.88 bits per heavy atom. The molecule has 0 unspecified atom stereocenters. The van der Waals surface area contributed by atoms with Crippen LogP contribution in [-0.4, -0.2) is 11.5 Å². The smallest absolute Gasteiger partial charge is 0.305 e. The summed E-state index contributed by atoms with van der Waals surface area (Å²) in [5.41, 5.74) is -0.236.